The molecular formula is C20H11Br. The van der Waals surface area contributed by atoms with E-state index in [2.05, 4.69) is 82.7 Å². The second kappa shape index (κ2) is 3.96. The van der Waals surface area contributed by atoms with Crippen LogP contribution in [0.25, 0.3) is 43.8 Å². The van der Waals surface area contributed by atoms with Crippen LogP contribution in [0.4, 0.5) is 0 Å². The van der Waals surface area contributed by atoms with Crippen LogP contribution >= 0.6 is 15.9 Å². The van der Waals surface area contributed by atoms with E-state index in [1.54, 1.807) is 0 Å². The number of rotatable bonds is 0. The molecule has 21 heavy (non-hydrogen) atoms. The summed E-state index contributed by atoms with van der Waals surface area (Å²) >= 11 is 3.69. The quantitative estimate of drug-likeness (QED) is 0.308. The maximum Gasteiger partial charge on any atom is 0.0254 e. The molecule has 5 rings (SSSR count). The first-order valence-corrected chi connectivity index (χ1v) is 7.87. The number of fused-ring (bicyclic) bond motifs is 5. The number of hydrogen-bond donors (Lipinski definition) is 0. The highest BCUT2D eigenvalue weighted by atomic mass is 79.9. The number of halogens is 1. The zero-order valence-corrected chi connectivity index (χ0v) is 12.8. The van der Waals surface area contributed by atoms with E-state index in [4.69, 9.17) is 0 Å². The average Bonchev–Trinajstić information content (AvgIpc) is 2.87. The Labute approximate surface area is 131 Å². The molecule has 0 fully saturated rings. The summed E-state index contributed by atoms with van der Waals surface area (Å²) in [6.45, 7) is 0. The molecule has 0 saturated heterocycles. The van der Waals surface area contributed by atoms with Crippen LogP contribution in [0.3, 0.4) is 0 Å². The van der Waals surface area contributed by atoms with Gasteiger partial charge in [-0.1, -0.05) is 76.6 Å². The molecule has 0 spiro atoms. The predicted octanol–water partition coefficient (Wildman–Crippen LogP) is 6.40. The van der Waals surface area contributed by atoms with Gasteiger partial charge in [0.05, 0.1) is 0 Å². The largest absolute Gasteiger partial charge is 0.0616 e. The monoisotopic (exact) mass is 330 g/mol. The maximum absolute atomic E-state index is 3.69. The van der Waals surface area contributed by atoms with Crippen molar-refractivity contribution >= 4 is 37.5 Å². The predicted molar refractivity (Wildman–Crippen MR) is 93.6 cm³/mol. The molecule has 0 saturated carbocycles. The smallest absolute Gasteiger partial charge is 0.0254 e. The lowest BCUT2D eigenvalue weighted by Crippen LogP contribution is -1.80. The van der Waals surface area contributed by atoms with Gasteiger partial charge in [-0.3, -0.25) is 0 Å². The van der Waals surface area contributed by atoms with Gasteiger partial charge in [0, 0.05) is 4.47 Å². The molecule has 0 aliphatic heterocycles. The summed E-state index contributed by atoms with van der Waals surface area (Å²) in [5.41, 5.74) is 5.44. The lowest BCUT2D eigenvalue weighted by Gasteiger charge is -2.07. The molecule has 4 aromatic carbocycles. The molecule has 1 aliphatic rings. The molecular weight excluding hydrogens is 320 g/mol. The van der Waals surface area contributed by atoms with Crippen molar-refractivity contribution in [2.75, 3.05) is 0 Å². The third-order valence-corrected chi connectivity index (χ3v) is 5.17. The van der Waals surface area contributed by atoms with Crippen LogP contribution in [-0.2, 0) is 0 Å². The lowest BCUT2D eigenvalue weighted by atomic mass is 9.97. The van der Waals surface area contributed by atoms with Gasteiger partial charge in [0.1, 0.15) is 0 Å². The van der Waals surface area contributed by atoms with E-state index in [9.17, 15) is 0 Å². The maximum atomic E-state index is 3.69. The third-order valence-electron chi connectivity index (χ3n) is 4.48. The van der Waals surface area contributed by atoms with Crippen LogP contribution in [0.2, 0.25) is 0 Å². The van der Waals surface area contributed by atoms with Gasteiger partial charge in [-0.15, -0.1) is 0 Å². The van der Waals surface area contributed by atoms with E-state index in [0.29, 0.717) is 0 Å². The first-order chi connectivity index (χ1) is 10.3. The minimum Gasteiger partial charge on any atom is -0.0616 e. The Bertz CT molecular complexity index is 1040. The van der Waals surface area contributed by atoms with Gasteiger partial charge >= 0.3 is 0 Å². The molecule has 0 heterocycles. The summed E-state index contributed by atoms with van der Waals surface area (Å²) in [6, 6.07) is 24.1. The van der Waals surface area contributed by atoms with E-state index < -0.39 is 0 Å². The molecule has 0 bridgehead atoms. The van der Waals surface area contributed by atoms with Gasteiger partial charge in [0.15, 0.2) is 0 Å². The standard InChI is InChI=1S/C20H11Br/c21-18-11-10-17-19-13-5-2-1-4-12(13)8-9-15(19)14-6-3-7-16(18)20(14)17/h1-11H. The Morgan fingerprint density at radius 2 is 1.38 bits per heavy atom. The first kappa shape index (κ1) is 11.5. The average molecular weight is 331 g/mol. The molecule has 98 valence electrons. The molecule has 0 nitrogen and oxygen atoms in total. The van der Waals surface area contributed by atoms with Crippen LogP contribution in [0.15, 0.2) is 71.2 Å². The fraction of sp³-hybridized carbons (Fsp3) is 0. The number of hydrogen-bond acceptors (Lipinski definition) is 0. The molecule has 0 amide bonds. The highest BCUT2D eigenvalue weighted by Gasteiger charge is 2.23. The van der Waals surface area contributed by atoms with E-state index >= 15 is 0 Å². The summed E-state index contributed by atoms with van der Waals surface area (Å²) in [5, 5.41) is 5.32. The second-order valence-corrected chi connectivity index (χ2v) is 6.39. The molecule has 0 unspecified atom stereocenters. The van der Waals surface area contributed by atoms with Crippen molar-refractivity contribution in [3.63, 3.8) is 0 Å². The summed E-state index contributed by atoms with van der Waals surface area (Å²) < 4.78 is 1.17. The van der Waals surface area contributed by atoms with Crippen LogP contribution < -0.4 is 0 Å². The highest BCUT2D eigenvalue weighted by molar-refractivity contribution is 9.10. The minimum absolute atomic E-state index is 1.17. The highest BCUT2D eigenvalue weighted by Crippen LogP contribution is 2.50. The van der Waals surface area contributed by atoms with Crippen LogP contribution in [0.5, 0.6) is 0 Å². The summed E-state index contributed by atoms with van der Waals surface area (Å²) in [6.07, 6.45) is 0. The van der Waals surface area contributed by atoms with Gasteiger partial charge in [-0.2, -0.15) is 0 Å². The van der Waals surface area contributed by atoms with Crippen molar-refractivity contribution in [3.8, 4) is 22.3 Å². The Kier molecular flexibility index (Phi) is 2.17. The van der Waals surface area contributed by atoms with Crippen molar-refractivity contribution < 1.29 is 0 Å². The second-order valence-electron chi connectivity index (χ2n) is 5.53. The van der Waals surface area contributed by atoms with E-state index in [-0.39, 0.29) is 0 Å². The Hall–Kier alpha value is -2.12. The van der Waals surface area contributed by atoms with Crippen molar-refractivity contribution in [1.82, 2.24) is 0 Å². The lowest BCUT2D eigenvalue weighted by molar-refractivity contribution is 1.73. The van der Waals surface area contributed by atoms with Crippen molar-refractivity contribution in [2.45, 2.75) is 0 Å². The summed E-state index contributed by atoms with van der Waals surface area (Å²) in [4.78, 5) is 0. The summed E-state index contributed by atoms with van der Waals surface area (Å²) in [7, 11) is 0. The zero-order chi connectivity index (χ0) is 14.0. The fourth-order valence-electron chi connectivity index (χ4n) is 3.59. The van der Waals surface area contributed by atoms with E-state index in [1.165, 1.54) is 48.3 Å². The molecule has 0 atom stereocenters. The van der Waals surface area contributed by atoms with Crippen LogP contribution in [-0.4, -0.2) is 0 Å². The van der Waals surface area contributed by atoms with Gasteiger partial charge < -0.3 is 0 Å². The molecule has 0 N–H and O–H groups in total. The Morgan fingerprint density at radius 3 is 2.33 bits per heavy atom. The molecule has 1 heteroatoms. The Morgan fingerprint density at radius 1 is 0.571 bits per heavy atom. The molecule has 0 radical (unpaired) electrons. The minimum atomic E-state index is 1.17. The van der Waals surface area contributed by atoms with Gasteiger partial charge in [0.25, 0.3) is 0 Å². The van der Waals surface area contributed by atoms with E-state index in [0.717, 1.165) is 0 Å². The Balaban J connectivity index is 2.07. The van der Waals surface area contributed by atoms with Crippen LogP contribution in [0.1, 0.15) is 0 Å². The van der Waals surface area contributed by atoms with E-state index in [1.807, 2.05) is 0 Å². The van der Waals surface area contributed by atoms with Crippen molar-refractivity contribution in [2.24, 2.45) is 0 Å². The molecule has 4 aromatic rings. The van der Waals surface area contributed by atoms with Crippen molar-refractivity contribution in [3.05, 3.63) is 71.2 Å². The topological polar surface area (TPSA) is 0 Å². The van der Waals surface area contributed by atoms with Gasteiger partial charge in [-0.25, -0.2) is 0 Å². The van der Waals surface area contributed by atoms with Gasteiger partial charge in [0.2, 0.25) is 0 Å². The molecule has 1 aliphatic carbocycles. The van der Waals surface area contributed by atoms with Crippen molar-refractivity contribution in [1.29, 1.82) is 0 Å². The first-order valence-electron chi connectivity index (χ1n) is 7.08. The fourth-order valence-corrected chi connectivity index (χ4v) is 4.05. The van der Waals surface area contributed by atoms with Gasteiger partial charge in [-0.05, 0) is 49.9 Å². The number of benzene rings is 4. The van der Waals surface area contributed by atoms with Crippen LogP contribution in [0, 0.1) is 0 Å². The molecule has 0 aromatic heterocycles. The zero-order valence-electron chi connectivity index (χ0n) is 11.2. The third kappa shape index (κ3) is 1.39. The normalized spacial score (nSPS) is 12.0. The SMILES string of the molecule is Brc1ccc2c3c(cccc13)-c1ccc3ccccc3c1-2. The summed E-state index contributed by atoms with van der Waals surface area (Å²) in [5.74, 6) is 0.